The zero-order chi connectivity index (χ0) is 15.2. The molecule has 1 amide bonds. The Bertz CT molecular complexity index is 525. The minimum Gasteiger partial charge on any atom is -0.398 e. The predicted molar refractivity (Wildman–Crippen MR) is 90.5 cm³/mol. The van der Waals surface area contributed by atoms with Crippen LogP contribution in [0.15, 0.2) is 34.9 Å². The first-order valence-electron chi connectivity index (χ1n) is 7.29. The molecule has 21 heavy (non-hydrogen) atoms. The van der Waals surface area contributed by atoms with Crippen LogP contribution in [0, 0.1) is 0 Å². The molecule has 0 saturated heterocycles. The Balaban J connectivity index is 2.01. The fraction of sp³-hybridized carbons (Fsp3) is 0.438. The first kappa shape index (κ1) is 16.2. The summed E-state index contributed by atoms with van der Waals surface area (Å²) in [7, 11) is 0. The van der Waals surface area contributed by atoms with Gasteiger partial charge < -0.3 is 10.6 Å². The highest BCUT2D eigenvalue weighted by Crippen LogP contribution is 2.33. The van der Waals surface area contributed by atoms with E-state index in [0.717, 1.165) is 17.7 Å². The number of nitrogens with two attached hydrogens (primary N) is 1. The van der Waals surface area contributed by atoms with E-state index in [1.54, 1.807) is 12.1 Å². The fourth-order valence-electron chi connectivity index (χ4n) is 2.50. The molecule has 0 heterocycles. The molecular formula is C16H21ClN2OS. The lowest BCUT2D eigenvalue weighted by Gasteiger charge is -2.26. The second kappa shape index (κ2) is 7.76. The van der Waals surface area contributed by atoms with E-state index in [1.165, 1.54) is 30.3 Å². The first-order valence-corrected chi connectivity index (χ1v) is 8.66. The van der Waals surface area contributed by atoms with Crippen LogP contribution < -0.4 is 5.73 Å². The standard InChI is InChI=1S/C16H21ClN2OS/c1-2-19(12-7-4-3-5-8-12)15(20)11-21-16-13(17)9-6-10-14(16)18/h6-7,9-10H,2-5,8,11,18H2,1H3. The van der Waals surface area contributed by atoms with Crippen LogP contribution in [0.5, 0.6) is 0 Å². The zero-order valence-corrected chi connectivity index (χ0v) is 13.8. The predicted octanol–water partition coefficient (Wildman–Crippen LogP) is 4.32. The van der Waals surface area contributed by atoms with E-state index in [4.69, 9.17) is 17.3 Å². The summed E-state index contributed by atoms with van der Waals surface area (Å²) < 4.78 is 0. The highest BCUT2D eigenvalue weighted by Gasteiger charge is 2.18. The van der Waals surface area contributed by atoms with E-state index in [0.29, 0.717) is 23.0 Å². The molecule has 0 bridgehead atoms. The van der Waals surface area contributed by atoms with Gasteiger partial charge in [-0.05, 0) is 44.7 Å². The number of carbonyl (C=O) groups excluding carboxylic acids is 1. The smallest absolute Gasteiger partial charge is 0.237 e. The Kier molecular flexibility index (Phi) is 6.00. The summed E-state index contributed by atoms with van der Waals surface area (Å²) in [4.78, 5) is 15.1. The molecule has 2 rings (SSSR count). The lowest BCUT2D eigenvalue weighted by molar-refractivity contribution is -0.126. The molecule has 0 unspecified atom stereocenters. The molecule has 2 N–H and O–H groups in total. The van der Waals surface area contributed by atoms with Gasteiger partial charge >= 0.3 is 0 Å². The molecule has 5 heteroatoms. The number of anilines is 1. The van der Waals surface area contributed by atoms with E-state index in [-0.39, 0.29) is 5.91 Å². The van der Waals surface area contributed by atoms with E-state index < -0.39 is 0 Å². The van der Waals surface area contributed by atoms with Crippen molar-refractivity contribution in [2.75, 3.05) is 18.0 Å². The minimum absolute atomic E-state index is 0.120. The molecule has 0 fully saturated rings. The van der Waals surface area contributed by atoms with Gasteiger partial charge in [0.15, 0.2) is 0 Å². The number of benzene rings is 1. The van der Waals surface area contributed by atoms with Crippen LogP contribution in [-0.2, 0) is 4.79 Å². The number of thioether (sulfide) groups is 1. The molecule has 0 saturated carbocycles. The molecule has 114 valence electrons. The molecule has 3 nitrogen and oxygen atoms in total. The summed E-state index contributed by atoms with van der Waals surface area (Å²) in [5, 5.41) is 0.604. The Hall–Kier alpha value is -1.13. The lowest BCUT2D eigenvalue weighted by Crippen LogP contribution is -2.32. The summed E-state index contributed by atoms with van der Waals surface area (Å²) in [6.07, 6.45) is 6.65. The van der Waals surface area contributed by atoms with Crippen LogP contribution >= 0.6 is 23.4 Å². The van der Waals surface area contributed by atoms with Crippen molar-refractivity contribution in [3.8, 4) is 0 Å². The lowest BCUT2D eigenvalue weighted by atomic mass is 10.0. The highest BCUT2D eigenvalue weighted by molar-refractivity contribution is 8.00. The molecule has 1 aliphatic carbocycles. The van der Waals surface area contributed by atoms with Crippen LogP contribution in [0.25, 0.3) is 0 Å². The average Bonchev–Trinajstić information content (AvgIpc) is 2.48. The van der Waals surface area contributed by atoms with Gasteiger partial charge in [0.05, 0.1) is 10.8 Å². The molecule has 1 aromatic rings. The third-order valence-corrected chi connectivity index (χ3v) is 5.13. The second-order valence-corrected chi connectivity index (χ2v) is 6.42. The molecule has 0 atom stereocenters. The van der Waals surface area contributed by atoms with Gasteiger partial charge in [0.25, 0.3) is 0 Å². The fourth-order valence-corrected chi connectivity index (χ4v) is 3.71. The Morgan fingerprint density at radius 1 is 1.43 bits per heavy atom. The van der Waals surface area contributed by atoms with Gasteiger partial charge in [0, 0.05) is 22.8 Å². The van der Waals surface area contributed by atoms with Gasteiger partial charge in [-0.2, -0.15) is 0 Å². The molecular weight excluding hydrogens is 304 g/mol. The van der Waals surface area contributed by atoms with Crippen molar-refractivity contribution in [2.45, 2.75) is 37.5 Å². The van der Waals surface area contributed by atoms with Gasteiger partial charge in [0.2, 0.25) is 5.91 Å². The third-order valence-electron chi connectivity index (χ3n) is 3.57. The van der Waals surface area contributed by atoms with Crippen molar-refractivity contribution in [3.05, 3.63) is 35.0 Å². The maximum Gasteiger partial charge on any atom is 0.237 e. The summed E-state index contributed by atoms with van der Waals surface area (Å²) in [5.74, 6) is 0.481. The monoisotopic (exact) mass is 324 g/mol. The Morgan fingerprint density at radius 3 is 2.86 bits per heavy atom. The van der Waals surface area contributed by atoms with E-state index in [2.05, 4.69) is 6.08 Å². The quantitative estimate of drug-likeness (QED) is 0.648. The second-order valence-electron chi connectivity index (χ2n) is 5.03. The van der Waals surface area contributed by atoms with Crippen molar-refractivity contribution in [2.24, 2.45) is 0 Å². The number of allylic oxidation sites excluding steroid dienone is 2. The normalized spacial score (nSPS) is 14.7. The van der Waals surface area contributed by atoms with E-state index in [1.807, 2.05) is 17.9 Å². The van der Waals surface area contributed by atoms with Gasteiger partial charge in [-0.1, -0.05) is 23.7 Å². The number of halogens is 1. The van der Waals surface area contributed by atoms with Gasteiger partial charge in [-0.15, -0.1) is 11.8 Å². The number of hydrogen-bond acceptors (Lipinski definition) is 3. The molecule has 0 spiro atoms. The number of hydrogen-bond donors (Lipinski definition) is 1. The average molecular weight is 325 g/mol. The van der Waals surface area contributed by atoms with Gasteiger partial charge in [-0.3, -0.25) is 4.79 Å². The van der Waals surface area contributed by atoms with Crippen molar-refractivity contribution in [1.29, 1.82) is 0 Å². The third kappa shape index (κ3) is 4.17. The molecule has 1 aliphatic rings. The number of nitrogen functional groups attached to an aromatic ring is 1. The Morgan fingerprint density at radius 2 is 2.24 bits per heavy atom. The Labute approximate surface area is 135 Å². The first-order chi connectivity index (χ1) is 10.1. The minimum atomic E-state index is 0.120. The van der Waals surface area contributed by atoms with Crippen molar-refractivity contribution < 1.29 is 4.79 Å². The summed E-state index contributed by atoms with van der Waals surface area (Å²) in [5.41, 5.74) is 7.71. The SMILES string of the molecule is CCN(C(=O)CSc1c(N)cccc1Cl)C1=CCCCC1. The molecule has 0 aliphatic heterocycles. The topological polar surface area (TPSA) is 46.3 Å². The maximum absolute atomic E-state index is 12.4. The maximum atomic E-state index is 12.4. The number of nitrogens with zero attached hydrogens (tertiary/aromatic N) is 1. The molecule has 1 aromatic carbocycles. The van der Waals surface area contributed by atoms with Crippen molar-refractivity contribution >= 4 is 35.0 Å². The summed E-state index contributed by atoms with van der Waals surface area (Å²) in [6, 6.07) is 5.42. The van der Waals surface area contributed by atoms with E-state index in [9.17, 15) is 4.79 Å². The van der Waals surface area contributed by atoms with Crippen LogP contribution in [0.4, 0.5) is 5.69 Å². The molecule has 0 radical (unpaired) electrons. The van der Waals surface area contributed by atoms with Crippen LogP contribution in [0.2, 0.25) is 5.02 Å². The largest absolute Gasteiger partial charge is 0.398 e. The molecule has 0 aromatic heterocycles. The van der Waals surface area contributed by atoms with Gasteiger partial charge in [-0.25, -0.2) is 0 Å². The van der Waals surface area contributed by atoms with Crippen LogP contribution in [0.1, 0.15) is 32.6 Å². The van der Waals surface area contributed by atoms with Crippen LogP contribution in [-0.4, -0.2) is 23.1 Å². The van der Waals surface area contributed by atoms with Gasteiger partial charge in [0.1, 0.15) is 0 Å². The number of carbonyl (C=O) groups is 1. The van der Waals surface area contributed by atoms with Crippen molar-refractivity contribution in [3.63, 3.8) is 0 Å². The van der Waals surface area contributed by atoms with E-state index >= 15 is 0 Å². The number of rotatable bonds is 5. The highest BCUT2D eigenvalue weighted by atomic mass is 35.5. The number of amides is 1. The van der Waals surface area contributed by atoms with Crippen molar-refractivity contribution in [1.82, 2.24) is 4.90 Å². The zero-order valence-electron chi connectivity index (χ0n) is 12.3. The van der Waals surface area contributed by atoms with Crippen LogP contribution in [0.3, 0.4) is 0 Å². The summed E-state index contributed by atoms with van der Waals surface area (Å²) in [6.45, 7) is 2.73. The summed E-state index contributed by atoms with van der Waals surface area (Å²) >= 11 is 7.55.